The molecule has 7 aromatic rings. The van der Waals surface area contributed by atoms with Crippen molar-refractivity contribution in [1.29, 1.82) is 0 Å². The second-order valence-corrected chi connectivity index (χ2v) is 25.6. The summed E-state index contributed by atoms with van der Waals surface area (Å²) in [7, 11) is 1.67. The molecule has 2 saturated heterocycles. The number of carbonyl (C=O) groups is 3. The number of nitrogen functional groups attached to an aromatic ring is 1. The van der Waals surface area contributed by atoms with E-state index in [1.807, 2.05) is 118 Å². The second-order valence-electron chi connectivity index (χ2n) is 25.6. The minimum Gasteiger partial charge on any atom is -0.496 e. The third-order valence-corrected chi connectivity index (χ3v) is 17.2. The van der Waals surface area contributed by atoms with E-state index in [9.17, 15) is 19.2 Å². The van der Waals surface area contributed by atoms with E-state index in [1.54, 1.807) is 49.6 Å². The molecule has 0 unspecified atom stereocenters. The molecule has 2 aliphatic rings. The molecule has 0 bridgehead atoms. The molecule has 488 valence electrons. The Morgan fingerprint density at radius 3 is 1.62 bits per heavy atom. The van der Waals surface area contributed by atoms with Crippen LogP contribution >= 0.6 is 0 Å². The predicted molar refractivity (Wildman–Crippen MR) is 375 cm³/mol. The van der Waals surface area contributed by atoms with Crippen molar-refractivity contribution < 1.29 is 33.4 Å². The van der Waals surface area contributed by atoms with Gasteiger partial charge in [-0.25, -0.2) is 9.59 Å². The molecule has 9 rings (SSSR count). The third-order valence-electron chi connectivity index (χ3n) is 17.2. The molecule has 0 saturated carbocycles. The van der Waals surface area contributed by atoms with Crippen LogP contribution in [0.25, 0.3) is 0 Å². The number of para-hydroxylation sites is 2. The zero-order valence-electron chi connectivity index (χ0n) is 56.9. The SMILES string of the molecule is CC(C)c1cccc(C(C)C)c1N=C=O.COc1cc(C)ccc1CN(CCN1CCCC1)C(=O)c1ccc(Oc2ccc(C)c(C)c2)c(N)c1.Cc1ccc(Oc2ccc(C(=O)NCCN3CCCC3)cc2NC(=O)Nc2c(C(C)C)cccc2C(C)C)cc1C. The molecule has 15 nitrogen and oxygen atoms in total. The predicted octanol–water partition coefficient (Wildman–Crippen LogP) is 17.4. The number of nitrogens with one attached hydrogen (secondary N) is 3. The molecule has 92 heavy (non-hydrogen) atoms. The lowest BCUT2D eigenvalue weighted by molar-refractivity contribution is 0.0725. The summed E-state index contributed by atoms with van der Waals surface area (Å²) < 4.78 is 17.9. The number of urea groups is 1. The summed E-state index contributed by atoms with van der Waals surface area (Å²) in [6.07, 6.45) is 6.52. The number of likely N-dealkylation sites (tertiary alicyclic amines) is 2. The Labute approximate surface area is 547 Å². The Bertz CT molecular complexity index is 3640. The maximum Gasteiger partial charge on any atom is 0.323 e. The number of methoxy groups -OCH3 is 1. The second kappa shape index (κ2) is 34.1. The molecule has 5 N–H and O–H groups in total. The van der Waals surface area contributed by atoms with E-state index in [0.29, 0.717) is 71.2 Å². The van der Waals surface area contributed by atoms with Crippen molar-refractivity contribution in [3.8, 4) is 28.7 Å². The van der Waals surface area contributed by atoms with Crippen LogP contribution in [0.2, 0.25) is 0 Å². The average molecular weight is 1250 g/mol. The summed E-state index contributed by atoms with van der Waals surface area (Å²) in [4.78, 5) is 61.1. The van der Waals surface area contributed by atoms with E-state index in [-0.39, 0.29) is 23.7 Å². The van der Waals surface area contributed by atoms with Crippen molar-refractivity contribution in [1.82, 2.24) is 20.0 Å². The molecule has 2 aliphatic heterocycles. The number of ether oxygens (including phenoxy) is 3. The summed E-state index contributed by atoms with van der Waals surface area (Å²) in [5.41, 5.74) is 20.9. The number of aryl methyl sites for hydroxylation is 5. The number of nitrogens with two attached hydrogens (primary N) is 1. The number of anilines is 3. The fourth-order valence-corrected chi connectivity index (χ4v) is 11.4. The molecule has 15 heteroatoms. The Kier molecular flexibility index (Phi) is 26.2. The molecule has 0 atom stereocenters. The summed E-state index contributed by atoms with van der Waals surface area (Å²) in [5, 5.41) is 9.09. The fraction of sp³-hybridized carbons (Fsp3) is 0.403. The highest BCUT2D eigenvalue weighted by atomic mass is 16.5. The largest absolute Gasteiger partial charge is 0.496 e. The standard InChI is InChI=1S/C34H44N4O3.C30H37N3O3.C13H17NO/c1-22(2)28-10-9-11-29(23(3)4)32(28)37-34(40)36-30-21-26(33(39)35-16-19-38-17-7-8-18-38)13-15-31(30)41-27-14-12-24(5)25(6)20-27;1-21-7-9-25(29(17-21)35-4)20-33(16-15-32-13-5-6-14-32)30(34)24-10-12-28(27(31)19-24)36-26-11-8-22(2)23(3)18-26;1-9(2)11-6-5-7-12(10(3)4)13(11)14-8-15/h9-15,20-23H,7-8,16-19H2,1-6H3,(H,35,39)(H2,36,37,40);7-12,17-19H,5-6,13-16,20,31H2,1-4H3;5-7,9-10H,1-4H3. The van der Waals surface area contributed by atoms with Gasteiger partial charge in [0, 0.05) is 55.1 Å². The number of benzene rings is 7. The van der Waals surface area contributed by atoms with Gasteiger partial charge in [-0.3, -0.25) is 9.59 Å². The van der Waals surface area contributed by atoms with Crippen LogP contribution in [-0.4, -0.2) is 98.1 Å². The first-order chi connectivity index (χ1) is 44.0. The van der Waals surface area contributed by atoms with Crippen LogP contribution in [0, 0.1) is 34.6 Å². The lowest BCUT2D eigenvalue weighted by Gasteiger charge is -2.27. The number of aliphatic imine (C=N–C) groups is 1. The van der Waals surface area contributed by atoms with E-state index in [4.69, 9.17) is 19.9 Å². The van der Waals surface area contributed by atoms with Gasteiger partial charge in [-0.1, -0.05) is 116 Å². The first-order valence-corrected chi connectivity index (χ1v) is 32.6. The van der Waals surface area contributed by atoms with Gasteiger partial charge in [-0.15, -0.1) is 0 Å². The van der Waals surface area contributed by atoms with Gasteiger partial charge in [0.25, 0.3) is 11.8 Å². The van der Waals surface area contributed by atoms with Crippen LogP contribution in [-0.2, 0) is 11.3 Å². The molecular formula is C77H98N8O7. The number of amides is 4. The lowest BCUT2D eigenvalue weighted by Crippen LogP contribution is -2.37. The van der Waals surface area contributed by atoms with Crippen molar-refractivity contribution >= 4 is 46.7 Å². The van der Waals surface area contributed by atoms with E-state index < -0.39 is 6.03 Å². The molecule has 4 amide bonds. The molecule has 0 aliphatic carbocycles. The van der Waals surface area contributed by atoms with Crippen LogP contribution in [0.3, 0.4) is 0 Å². The smallest absolute Gasteiger partial charge is 0.323 e. The van der Waals surface area contributed by atoms with Crippen molar-refractivity contribution in [2.24, 2.45) is 4.99 Å². The Balaban J connectivity index is 0.000000215. The summed E-state index contributed by atoms with van der Waals surface area (Å²) >= 11 is 0. The minimum absolute atomic E-state index is 0.0544. The summed E-state index contributed by atoms with van der Waals surface area (Å²) in [6, 6.07) is 40.2. The quantitative estimate of drug-likeness (QED) is 0.0290. The highest BCUT2D eigenvalue weighted by Gasteiger charge is 2.24. The molecule has 7 aromatic carbocycles. The fourth-order valence-electron chi connectivity index (χ4n) is 11.4. The first kappa shape index (κ1) is 70.7. The highest BCUT2D eigenvalue weighted by Crippen LogP contribution is 2.37. The van der Waals surface area contributed by atoms with Gasteiger partial charge >= 0.3 is 6.03 Å². The molecule has 2 fully saturated rings. The van der Waals surface area contributed by atoms with Gasteiger partial charge in [0.15, 0.2) is 5.75 Å². The van der Waals surface area contributed by atoms with Gasteiger partial charge in [-0.05, 0) is 227 Å². The van der Waals surface area contributed by atoms with Crippen LogP contribution in [0.4, 0.5) is 27.5 Å². The van der Waals surface area contributed by atoms with E-state index in [1.165, 1.54) is 36.8 Å². The molecule has 0 aromatic heterocycles. The zero-order valence-corrected chi connectivity index (χ0v) is 56.9. The Morgan fingerprint density at radius 2 is 1.10 bits per heavy atom. The molecular weight excluding hydrogens is 1150 g/mol. The van der Waals surface area contributed by atoms with Gasteiger partial charge < -0.3 is 50.6 Å². The topological polar surface area (TPSA) is 180 Å². The number of rotatable bonds is 22. The van der Waals surface area contributed by atoms with Gasteiger partial charge in [0.1, 0.15) is 23.0 Å². The summed E-state index contributed by atoms with van der Waals surface area (Å²) in [6.45, 7) is 34.8. The van der Waals surface area contributed by atoms with Crippen LogP contribution in [0.5, 0.6) is 28.7 Å². The van der Waals surface area contributed by atoms with Crippen LogP contribution < -0.4 is 35.9 Å². The van der Waals surface area contributed by atoms with Crippen molar-refractivity contribution in [2.45, 2.75) is 146 Å². The van der Waals surface area contributed by atoms with E-state index >= 15 is 0 Å². The van der Waals surface area contributed by atoms with Crippen LogP contribution in [0.15, 0.2) is 132 Å². The Hall–Kier alpha value is -8.75. The minimum atomic E-state index is -0.392. The normalized spacial score (nSPS) is 13.0. The van der Waals surface area contributed by atoms with Crippen LogP contribution in [0.1, 0.15) is 181 Å². The molecule has 0 radical (unpaired) electrons. The number of hydrogen-bond acceptors (Lipinski definition) is 11. The Morgan fingerprint density at radius 1 is 0.576 bits per heavy atom. The first-order valence-electron chi connectivity index (χ1n) is 32.6. The van der Waals surface area contributed by atoms with Crippen molar-refractivity contribution in [2.75, 3.05) is 75.8 Å². The lowest BCUT2D eigenvalue weighted by atomic mass is 9.93. The monoisotopic (exact) mass is 1250 g/mol. The maximum atomic E-state index is 13.7. The number of nitrogens with zero attached hydrogens (tertiary/aromatic N) is 4. The number of isocyanates is 1. The third kappa shape index (κ3) is 19.9. The number of hydrogen-bond donors (Lipinski definition) is 4. The van der Waals surface area contributed by atoms with Gasteiger partial charge in [0.05, 0.1) is 24.2 Å². The highest BCUT2D eigenvalue weighted by molar-refractivity contribution is 6.03. The van der Waals surface area contributed by atoms with E-state index in [2.05, 4.69) is 99.1 Å². The molecule has 2 heterocycles. The molecule has 0 spiro atoms. The maximum absolute atomic E-state index is 13.7. The summed E-state index contributed by atoms with van der Waals surface area (Å²) in [5.74, 6) is 4.16. The zero-order chi connectivity index (χ0) is 66.6. The number of carbonyl (C=O) groups excluding carboxylic acids is 4. The van der Waals surface area contributed by atoms with Gasteiger partial charge in [-0.2, -0.15) is 4.99 Å². The van der Waals surface area contributed by atoms with Crippen molar-refractivity contribution in [3.63, 3.8) is 0 Å². The van der Waals surface area contributed by atoms with E-state index in [0.717, 1.165) is 107 Å². The van der Waals surface area contributed by atoms with Crippen molar-refractivity contribution in [3.05, 3.63) is 194 Å². The average Bonchev–Trinajstić information content (AvgIpc) is 1.02. The van der Waals surface area contributed by atoms with Gasteiger partial charge in [0.2, 0.25) is 6.08 Å².